The molecular weight excluding hydrogens is 328 g/mol. The van der Waals surface area contributed by atoms with Gasteiger partial charge in [0.05, 0.1) is 26.1 Å². The highest BCUT2D eigenvalue weighted by Crippen LogP contribution is 2.33. The SMILES string of the molecule is COc1ccc(OC)c(-c2cn3nc(S(N)(=O)=O)sc3n2)c1. The maximum Gasteiger partial charge on any atom is 0.267 e. The van der Waals surface area contributed by atoms with Gasteiger partial charge in [-0.3, -0.25) is 0 Å². The van der Waals surface area contributed by atoms with E-state index in [1.807, 2.05) is 0 Å². The summed E-state index contributed by atoms with van der Waals surface area (Å²) in [5.41, 5.74) is 1.31. The number of primary sulfonamides is 1. The summed E-state index contributed by atoms with van der Waals surface area (Å²) in [6, 6.07) is 5.33. The van der Waals surface area contributed by atoms with Crippen molar-refractivity contribution in [2.75, 3.05) is 14.2 Å². The second-order valence-corrected chi connectivity index (χ2v) is 7.02. The highest BCUT2D eigenvalue weighted by molar-refractivity contribution is 7.91. The zero-order valence-corrected chi connectivity index (χ0v) is 13.3. The molecule has 0 unspecified atom stereocenters. The van der Waals surface area contributed by atoms with Gasteiger partial charge in [-0.05, 0) is 18.2 Å². The van der Waals surface area contributed by atoms with Crippen LogP contribution in [0.3, 0.4) is 0 Å². The molecule has 2 aromatic heterocycles. The molecular formula is C12H12N4O4S2. The van der Waals surface area contributed by atoms with E-state index >= 15 is 0 Å². The maximum absolute atomic E-state index is 11.3. The van der Waals surface area contributed by atoms with Crippen molar-refractivity contribution in [2.24, 2.45) is 5.14 Å². The van der Waals surface area contributed by atoms with E-state index in [4.69, 9.17) is 14.6 Å². The molecule has 0 amide bonds. The molecule has 3 rings (SSSR count). The monoisotopic (exact) mass is 340 g/mol. The van der Waals surface area contributed by atoms with Crippen molar-refractivity contribution in [2.45, 2.75) is 4.34 Å². The van der Waals surface area contributed by atoms with Crippen molar-refractivity contribution in [3.8, 4) is 22.8 Å². The zero-order valence-electron chi connectivity index (χ0n) is 11.7. The molecule has 0 radical (unpaired) electrons. The quantitative estimate of drug-likeness (QED) is 0.762. The predicted octanol–water partition coefficient (Wildman–Crippen LogP) is 1.12. The number of hydrogen-bond donors (Lipinski definition) is 1. The Hall–Kier alpha value is -2.17. The Bertz CT molecular complexity index is 914. The molecule has 2 heterocycles. The first-order chi connectivity index (χ1) is 10.4. The van der Waals surface area contributed by atoms with E-state index in [1.54, 1.807) is 38.6 Å². The summed E-state index contributed by atoms with van der Waals surface area (Å²) in [5.74, 6) is 1.28. The number of benzene rings is 1. The van der Waals surface area contributed by atoms with Crippen LogP contribution in [-0.2, 0) is 10.0 Å². The largest absolute Gasteiger partial charge is 0.497 e. The molecule has 3 aromatic rings. The van der Waals surface area contributed by atoms with Gasteiger partial charge in [0.2, 0.25) is 9.30 Å². The van der Waals surface area contributed by atoms with Crippen molar-refractivity contribution < 1.29 is 17.9 Å². The van der Waals surface area contributed by atoms with E-state index < -0.39 is 10.0 Å². The van der Waals surface area contributed by atoms with Crippen LogP contribution in [0, 0.1) is 0 Å². The summed E-state index contributed by atoms with van der Waals surface area (Å²) in [7, 11) is -0.710. The van der Waals surface area contributed by atoms with Crippen molar-refractivity contribution in [3.05, 3.63) is 24.4 Å². The molecule has 0 saturated heterocycles. The molecule has 0 bridgehead atoms. The van der Waals surface area contributed by atoms with Crippen LogP contribution in [0.1, 0.15) is 0 Å². The normalized spacial score (nSPS) is 11.8. The third kappa shape index (κ3) is 2.51. The number of aromatic nitrogens is 3. The number of hydrogen-bond acceptors (Lipinski definition) is 7. The lowest BCUT2D eigenvalue weighted by Crippen LogP contribution is -2.12. The number of nitrogens with two attached hydrogens (primary N) is 1. The standard InChI is InChI=1S/C12H12N4O4S2/c1-19-7-3-4-10(20-2)8(5-7)9-6-16-11(14-9)21-12(15-16)22(13,17)18/h3-6H,1-2H3,(H2,13,17,18). The van der Waals surface area contributed by atoms with Crippen molar-refractivity contribution >= 4 is 26.3 Å². The van der Waals surface area contributed by atoms with Gasteiger partial charge in [0.1, 0.15) is 11.5 Å². The molecule has 0 atom stereocenters. The van der Waals surface area contributed by atoms with Crippen molar-refractivity contribution in [1.29, 1.82) is 0 Å². The Labute approximate surface area is 130 Å². The predicted molar refractivity (Wildman–Crippen MR) is 80.8 cm³/mol. The molecule has 1 aromatic carbocycles. The highest BCUT2D eigenvalue weighted by Gasteiger charge is 2.18. The van der Waals surface area contributed by atoms with Crippen molar-refractivity contribution in [1.82, 2.24) is 14.6 Å². The van der Waals surface area contributed by atoms with Crippen LogP contribution in [0.15, 0.2) is 28.7 Å². The lowest BCUT2D eigenvalue weighted by molar-refractivity contribution is 0.404. The third-order valence-electron chi connectivity index (χ3n) is 2.95. The van der Waals surface area contributed by atoms with Crippen LogP contribution in [0.5, 0.6) is 11.5 Å². The number of nitrogens with zero attached hydrogens (tertiary/aromatic N) is 3. The molecule has 0 fully saturated rings. The van der Waals surface area contributed by atoms with E-state index in [-0.39, 0.29) is 4.34 Å². The molecule has 22 heavy (non-hydrogen) atoms. The first kappa shape index (κ1) is 14.8. The van der Waals surface area contributed by atoms with Gasteiger partial charge in [-0.15, -0.1) is 5.10 Å². The van der Waals surface area contributed by atoms with Crippen LogP contribution in [-0.4, -0.2) is 37.2 Å². The molecule has 0 aliphatic rings. The molecule has 0 aliphatic heterocycles. The second-order valence-electron chi connectivity index (χ2n) is 4.33. The minimum Gasteiger partial charge on any atom is -0.497 e. The number of sulfonamides is 1. The second kappa shape index (κ2) is 5.23. The highest BCUT2D eigenvalue weighted by atomic mass is 32.2. The summed E-state index contributed by atoms with van der Waals surface area (Å²) >= 11 is 0.899. The van der Waals surface area contributed by atoms with Crippen LogP contribution in [0.4, 0.5) is 0 Å². The average Bonchev–Trinajstić information content (AvgIpc) is 3.04. The van der Waals surface area contributed by atoms with E-state index in [9.17, 15) is 8.42 Å². The molecule has 10 heteroatoms. The number of methoxy groups -OCH3 is 2. The Morgan fingerprint density at radius 1 is 1.27 bits per heavy atom. The third-order valence-corrected chi connectivity index (χ3v) is 5.18. The smallest absolute Gasteiger partial charge is 0.267 e. The lowest BCUT2D eigenvalue weighted by atomic mass is 10.1. The summed E-state index contributed by atoms with van der Waals surface area (Å²) in [6.07, 6.45) is 1.61. The molecule has 0 spiro atoms. The fourth-order valence-electron chi connectivity index (χ4n) is 1.94. The zero-order chi connectivity index (χ0) is 15.9. The number of imidazole rings is 1. The van der Waals surface area contributed by atoms with Gasteiger partial charge >= 0.3 is 0 Å². The van der Waals surface area contributed by atoms with Crippen LogP contribution in [0.2, 0.25) is 0 Å². The van der Waals surface area contributed by atoms with E-state index in [0.717, 1.165) is 16.9 Å². The molecule has 116 valence electrons. The number of ether oxygens (including phenoxy) is 2. The summed E-state index contributed by atoms with van der Waals surface area (Å²) in [5, 5.41) is 8.97. The van der Waals surface area contributed by atoms with Gasteiger partial charge in [0.15, 0.2) is 0 Å². The van der Waals surface area contributed by atoms with E-state index in [0.29, 0.717) is 22.2 Å². The Morgan fingerprint density at radius 3 is 2.64 bits per heavy atom. The molecule has 8 nitrogen and oxygen atoms in total. The van der Waals surface area contributed by atoms with Gasteiger partial charge in [-0.25, -0.2) is 23.1 Å². The average molecular weight is 340 g/mol. The Kier molecular flexibility index (Phi) is 3.51. The summed E-state index contributed by atoms with van der Waals surface area (Å²) < 4.78 is 34.3. The van der Waals surface area contributed by atoms with E-state index in [2.05, 4.69) is 10.1 Å². The first-order valence-corrected chi connectivity index (χ1v) is 8.40. The molecule has 0 aliphatic carbocycles. The maximum atomic E-state index is 11.3. The number of rotatable bonds is 4. The summed E-state index contributed by atoms with van der Waals surface area (Å²) in [4.78, 5) is 4.78. The van der Waals surface area contributed by atoms with Crippen molar-refractivity contribution in [3.63, 3.8) is 0 Å². The summed E-state index contributed by atoms with van der Waals surface area (Å²) in [6.45, 7) is 0. The Morgan fingerprint density at radius 2 is 2.05 bits per heavy atom. The van der Waals surface area contributed by atoms with Gasteiger partial charge in [0, 0.05) is 5.56 Å². The minimum atomic E-state index is -3.83. The van der Waals surface area contributed by atoms with E-state index in [1.165, 1.54) is 4.52 Å². The van der Waals surface area contributed by atoms with Gasteiger partial charge in [-0.2, -0.15) is 0 Å². The molecule has 0 saturated carbocycles. The fourth-order valence-corrected chi connectivity index (χ4v) is 3.45. The Balaban J connectivity index is 2.13. The van der Waals surface area contributed by atoms with Gasteiger partial charge < -0.3 is 9.47 Å². The van der Waals surface area contributed by atoms with Crippen LogP contribution >= 0.6 is 11.3 Å². The fraction of sp³-hybridized carbons (Fsp3) is 0.167. The number of fused-ring (bicyclic) bond motifs is 1. The van der Waals surface area contributed by atoms with Gasteiger partial charge in [-0.1, -0.05) is 11.3 Å². The topological polar surface area (TPSA) is 109 Å². The first-order valence-electron chi connectivity index (χ1n) is 6.04. The molecule has 2 N–H and O–H groups in total. The lowest BCUT2D eigenvalue weighted by Gasteiger charge is -2.08. The van der Waals surface area contributed by atoms with Crippen LogP contribution in [0.25, 0.3) is 16.2 Å². The van der Waals surface area contributed by atoms with Crippen LogP contribution < -0.4 is 14.6 Å². The van der Waals surface area contributed by atoms with Gasteiger partial charge in [0.25, 0.3) is 10.0 Å². The minimum absolute atomic E-state index is 0.181.